The Kier molecular flexibility index (Phi) is 9.79. The molecule has 0 unspecified atom stereocenters. The Labute approximate surface area is 159 Å². The van der Waals surface area contributed by atoms with Gasteiger partial charge in [-0.2, -0.15) is 0 Å². The SMILES string of the molecule is CC(C)(CCOC(=O)c1ccccc1)OC(=O)c1ccccc1.OCCO. The minimum Gasteiger partial charge on any atom is -0.462 e. The van der Waals surface area contributed by atoms with Gasteiger partial charge in [0.2, 0.25) is 0 Å². The van der Waals surface area contributed by atoms with Crippen molar-refractivity contribution < 1.29 is 29.3 Å². The van der Waals surface area contributed by atoms with Crippen LogP contribution in [0.4, 0.5) is 0 Å². The lowest BCUT2D eigenvalue weighted by molar-refractivity contribution is -0.0143. The number of hydrogen-bond acceptors (Lipinski definition) is 6. The quantitative estimate of drug-likeness (QED) is 0.724. The number of carbonyl (C=O) groups excluding carboxylic acids is 2. The van der Waals surface area contributed by atoms with Gasteiger partial charge in [-0.15, -0.1) is 0 Å². The lowest BCUT2D eigenvalue weighted by Gasteiger charge is -2.25. The zero-order valence-corrected chi connectivity index (χ0v) is 15.6. The molecule has 146 valence electrons. The van der Waals surface area contributed by atoms with Gasteiger partial charge in [-0.3, -0.25) is 0 Å². The van der Waals surface area contributed by atoms with Crippen LogP contribution in [0.3, 0.4) is 0 Å². The maximum absolute atomic E-state index is 12.0. The summed E-state index contributed by atoms with van der Waals surface area (Å²) in [4.78, 5) is 23.9. The standard InChI is InChI=1S/C19H20O4.C2H6O2/c1-19(2,23-18(21)16-11-7-4-8-12-16)13-14-22-17(20)15-9-5-3-6-10-15;3-1-2-4/h3-12H,13-14H2,1-2H3;3-4H,1-2H2. The first-order valence-corrected chi connectivity index (χ1v) is 8.62. The topological polar surface area (TPSA) is 93.1 Å². The summed E-state index contributed by atoms with van der Waals surface area (Å²) in [6.45, 7) is 3.52. The van der Waals surface area contributed by atoms with E-state index in [2.05, 4.69) is 0 Å². The Morgan fingerprint density at radius 1 is 0.815 bits per heavy atom. The predicted octanol–water partition coefficient (Wildman–Crippen LogP) is 2.84. The highest BCUT2D eigenvalue weighted by molar-refractivity contribution is 5.90. The normalized spacial score (nSPS) is 10.4. The molecule has 2 rings (SSSR count). The Morgan fingerprint density at radius 2 is 1.26 bits per heavy atom. The lowest BCUT2D eigenvalue weighted by atomic mass is 10.1. The maximum atomic E-state index is 12.0. The van der Waals surface area contributed by atoms with Crippen LogP contribution in [0.5, 0.6) is 0 Å². The highest BCUT2D eigenvalue weighted by atomic mass is 16.6. The summed E-state index contributed by atoms with van der Waals surface area (Å²) in [6.07, 6.45) is 0.421. The van der Waals surface area contributed by atoms with E-state index in [1.165, 1.54) is 0 Å². The molecule has 0 bridgehead atoms. The van der Waals surface area contributed by atoms with E-state index in [1.807, 2.05) is 12.1 Å². The van der Waals surface area contributed by atoms with Crippen LogP contribution in [0, 0.1) is 0 Å². The van der Waals surface area contributed by atoms with E-state index < -0.39 is 5.60 Å². The molecular formula is C21H26O6. The number of rotatable bonds is 7. The van der Waals surface area contributed by atoms with E-state index in [9.17, 15) is 9.59 Å². The predicted molar refractivity (Wildman–Crippen MR) is 101 cm³/mol. The van der Waals surface area contributed by atoms with E-state index in [1.54, 1.807) is 62.4 Å². The van der Waals surface area contributed by atoms with Crippen molar-refractivity contribution in [2.75, 3.05) is 19.8 Å². The number of carbonyl (C=O) groups is 2. The van der Waals surface area contributed by atoms with Gasteiger partial charge in [-0.05, 0) is 38.1 Å². The van der Waals surface area contributed by atoms with Gasteiger partial charge in [0.25, 0.3) is 0 Å². The second-order valence-electron chi connectivity index (χ2n) is 6.21. The summed E-state index contributed by atoms with van der Waals surface area (Å²) < 4.78 is 10.7. The molecule has 0 atom stereocenters. The molecule has 0 radical (unpaired) electrons. The third kappa shape index (κ3) is 8.99. The van der Waals surface area contributed by atoms with Crippen LogP contribution < -0.4 is 0 Å². The molecule has 0 aliphatic heterocycles. The van der Waals surface area contributed by atoms with Gasteiger partial charge in [-0.25, -0.2) is 9.59 Å². The smallest absolute Gasteiger partial charge is 0.338 e. The first-order valence-electron chi connectivity index (χ1n) is 8.62. The second kappa shape index (κ2) is 11.8. The van der Waals surface area contributed by atoms with Crippen LogP contribution in [0.1, 0.15) is 41.0 Å². The van der Waals surface area contributed by atoms with Gasteiger partial charge in [0, 0.05) is 6.42 Å². The van der Waals surface area contributed by atoms with Crippen molar-refractivity contribution >= 4 is 11.9 Å². The summed E-state index contributed by atoms with van der Waals surface area (Å²) in [7, 11) is 0. The maximum Gasteiger partial charge on any atom is 0.338 e. The zero-order valence-electron chi connectivity index (χ0n) is 15.6. The van der Waals surface area contributed by atoms with Crippen molar-refractivity contribution in [3.63, 3.8) is 0 Å². The van der Waals surface area contributed by atoms with Crippen molar-refractivity contribution in [1.29, 1.82) is 0 Å². The molecule has 0 heterocycles. The van der Waals surface area contributed by atoms with Crippen molar-refractivity contribution in [2.45, 2.75) is 25.9 Å². The average molecular weight is 374 g/mol. The fourth-order valence-electron chi connectivity index (χ4n) is 1.98. The summed E-state index contributed by atoms with van der Waals surface area (Å²) in [5, 5.41) is 15.2. The van der Waals surface area contributed by atoms with Crippen LogP contribution in [0.15, 0.2) is 60.7 Å². The van der Waals surface area contributed by atoms with E-state index in [-0.39, 0.29) is 31.8 Å². The molecule has 0 aromatic heterocycles. The summed E-state index contributed by atoms with van der Waals surface area (Å²) in [5.74, 6) is -0.763. The molecule has 0 aliphatic carbocycles. The minimum absolute atomic E-state index is 0.125. The Hall–Kier alpha value is -2.70. The van der Waals surface area contributed by atoms with Crippen molar-refractivity contribution in [3.8, 4) is 0 Å². The molecule has 0 saturated carbocycles. The molecule has 0 saturated heterocycles. The largest absolute Gasteiger partial charge is 0.462 e. The van der Waals surface area contributed by atoms with Gasteiger partial charge in [0.05, 0.1) is 30.9 Å². The molecule has 6 nitrogen and oxygen atoms in total. The molecule has 2 aromatic rings. The van der Waals surface area contributed by atoms with E-state index in [0.717, 1.165) is 0 Å². The molecule has 0 amide bonds. The van der Waals surface area contributed by atoms with E-state index in [0.29, 0.717) is 17.5 Å². The van der Waals surface area contributed by atoms with Crippen LogP contribution in [-0.4, -0.2) is 47.6 Å². The Morgan fingerprint density at radius 3 is 1.70 bits per heavy atom. The molecule has 0 aliphatic rings. The number of esters is 2. The van der Waals surface area contributed by atoms with Crippen molar-refractivity contribution in [3.05, 3.63) is 71.8 Å². The van der Waals surface area contributed by atoms with Gasteiger partial charge in [-0.1, -0.05) is 36.4 Å². The van der Waals surface area contributed by atoms with Gasteiger partial charge < -0.3 is 19.7 Å². The molecule has 6 heteroatoms. The Balaban J connectivity index is 0.000000828. The molecule has 0 spiro atoms. The fraction of sp³-hybridized carbons (Fsp3) is 0.333. The zero-order chi connectivity index (χ0) is 20.1. The van der Waals surface area contributed by atoms with Crippen LogP contribution in [0.25, 0.3) is 0 Å². The van der Waals surface area contributed by atoms with Crippen LogP contribution in [-0.2, 0) is 9.47 Å². The fourth-order valence-corrected chi connectivity index (χ4v) is 1.98. The number of hydrogen-bond donors (Lipinski definition) is 2. The number of ether oxygens (including phenoxy) is 2. The van der Waals surface area contributed by atoms with Gasteiger partial charge >= 0.3 is 11.9 Å². The van der Waals surface area contributed by atoms with E-state index in [4.69, 9.17) is 19.7 Å². The highest BCUT2D eigenvalue weighted by Crippen LogP contribution is 2.17. The number of aliphatic hydroxyl groups is 2. The van der Waals surface area contributed by atoms with Crippen LogP contribution in [0.2, 0.25) is 0 Å². The van der Waals surface area contributed by atoms with E-state index >= 15 is 0 Å². The average Bonchev–Trinajstić information content (AvgIpc) is 2.69. The lowest BCUT2D eigenvalue weighted by Crippen LogP contribution is -2.30. The summed E-state index contributed by atoms with van der Waals surface area (Å²) in [5.41, 5.74) is 0.289. The molecule has 0 fully saturated rings. The van der Waals surface area contributed by atoms with Crippen molar-refractivity contribution in [1.82, 2.24) is 0 Å². The van der Waals surface area contributed by atoms with Gasteiger partial charge in [0.1, 0.15) is 5.60 Å². The molecule has 2 N–H and O–H groups in total. The first-order chi connectivity index (χ1) is 12.9. The summed E-state index contributed by atoms with van der Waals surface area (Å²) >= 11 is 0. The third-order valence-electron chi connectivity index (χ3n) is 3.43. The molecule has 27 heavy (non-hydrogen) atoms. The minimum atomic E-state index is -0.718. The Bertz CT molecular complexity index is 680. The van der Waals surface area contributed by atoms with Crippen LogP contribution >= 0.6 is 0 Å². The van der Waals surface area contributed by atoms with Gasteiger partial charge in [0.15, 0.2) is 0 Å². The third-order valence-corrected chi connectivity index (χ3v) is 3.43. The number of benzene rings is 2. The summed E-state index contributed by atoms with van der Waals surface area (Å²) in [6, 6.07) is 17.6. The molecular weight excluding hydrogens is 348 g/mol. The second-order valence-corrected chi connectivity index (χ2v) is 6.21. The monoisotopic (exact) mass is 374 g/mol. The number of aliphatic hydroxyl groups excluding tert-OH is 2. The van der Waals surface area contributed by atoms with Crippen molar-refractivity contribution in [2.24, 2.45) is 0 Å². The highest BCUT2D eigenvalue weighted by Gasteiger charge is 2.24. The first kappa shape index (κ1) is 22.3. The molecule has 2 aromatic carbocycles.